The maximum absolute atomic E-state index is 4.69. The molecule has 0 saturated heterocycles. The first kappa shape index (κ1) is 30.3. The van der Waals surface area contributed by atoms with Gasteiger partial charge in [0.25, 0.3) is 0 Å². The Labute approximate surface area is 248 Å². The van der Waals surface area contributed by atoms with Crippen LogP contribution in [0.4, 0.5) is 0 Å². The van der Waals surface area contributed by atoms with Crippen LogP contribution >= 0.6 is 0 Å². The van der Waals surface area contributed by atoms with Gasteiger partial charge in [0.1, 0.15) is 0 Å². The van der Waals surface area contributed by atoms with Crippen molar-refractivity contribution in [2.24, 2.45) is 5.92 Å². The van der Waals surface area contributed by atoms with E-state index in [9.17, 15) is 0 Å². The van der Waals surface area contributed by atoms with Crippen LogP contribution in [0.15, 0.2) is 104 Å². The van der Waals surface area contributed by atoms with E-state index < -0.39 is 8.07 Å². The van der Waals surface area contributed by atoms with E-state index in [4.69, 9.17) is 0 Å². The molecule has 3 aromatic heterocycles. The average Bonchev–Trinajstić information content (AvgIpc) is 2.94. The number of rotatable bonds is 6. The first-order valence-corrected chi connectivity index (χ1v) is 16.6. The van der Waals surface area contributed by atoms with Crippen LogP contribution in [-0.4, -0.2) is 23.0 Å². The van der Waals surface area contributed by atoms with Crippen molar-refractivity contribution < 1.29 is 20.1 Å². The van der Waals surface area contributed by atoms with Crippen LogP contribution in [0.25, 0.3) is 33.6 Å². The molecule has 0 spiro atoms. The first-order chi connectivity index (χ1) is 18.3. The van der Waals surface area contributed by atoms with E-state index in [-0.39, 0.29) is 20.1 Å². The predicted octanol–water partition coefficient (Wildman–Crippen LogP) is 7.90. The van der Waals surface area contributed by atoms with E-state index in [2.05, 4.69) is 97.1 Å². The normalized spacial score (nSPS) is 10.8. The molecule has 0 atom stereocenters. The summed E-state index contributed by atoms with van der Waals surface area (Å²) < 4.78 is 0. The van der Waals surface area contributed by atoms with Crippen molar-refractivity contribution >= 4 is 13.3 Å². The van der Waals surface area contributed by atoms with Gasteiger partial charge in [0.2, 0.25) is 0 Å². The van der Waals surface area contributed by atoms with Crippen LogP contribution in [0.3, 0.4) is 0 Å². The maximum Gasteiger partial charge on any atom is 0.0798 e. The Morgan fingerprint density at radius 3 is 2.10 bits per heavy atom. The number of hydrogen-bond acceptors (Lipinski definition) is 3. The molecular formula is C34H35IrN3Si-2. The van der Waals surface area contributed by atoms with Crippen LogP contribution in [0.1, 0.15) is 19.4 Å². The summed E-state index contributed by atoms with van der Waals surface area (Å²) in [6.45, 7) is 11.7. The van der Waals surface area contributed by atoms with Crippen LogP contribution in [0.2, 0.25) is 19.6 Å². The van der Waals surface area contributed by atoms with Gasteiger partial charge in [0.05, 0.1) is 8.07 Å². The summed E-state index contributed by atoms with van der Waals surface area (Å²) >= 11 is 0. The summed E-state index contributed by atoms with van der Waals surface area (Å²) in [4.78, 5) is 13.0. The van der Waals surface area contributed by atoms with Gasteiger partial charge in [-0.15, -0.1) is 42.0 Å². The number of hydrogen-bond donors (Lipinski definition) is 0. The van der Waals surface area contributed by atoms with Crippen LogP contribution in [0.5, 0.6) is 0 Å². The van der Waals surface area contributed by atoms with Crippen molar-refractivity contribution in [3.05, 3.63) is 121 Å². The van der Waals surface area contributed by atoms with Gasteiger partial charge in [-0.2, -0.15) is 11.6 Å². The molecule has 0 fully saturated rings. The smallest absolute Gasteiger partial charge is 0.0798 e. The molecule has 0 unspecified atom stereocenters. The quantitative estimate of drug-likeness (QED) is 0.133. The third-order valence-corrected chi connectivity index (χ3v) is 8.24. The number of nitrogens with zero attached hydrogens (tertiary/aromatic N) is 3. The molecule has 0 saturated carbocycles. The predicted molar refractivity (Wildman–Crippen MR) is 162 cm³/mol. The fourth-order valence-electron chi connectivity index (χ4n) is 4.34. The van der Waals surface area contributed by atoms with Crippen molar-refractivity contribution in [3.63, 3.8) is 0 Å². The molecule has 3 nitrogen and oxygen atoms in total. The van der Waals surface area contributed by atoms with Gasteiger partial charge in [-0.05, 0) is 58.5 Å². The third-order valence-electron chi connectivity index (χ3n) is 6.18. The summed E-state index contributed by atoms with van der Waals surface area (Å²) in [6, 6.07) is 33.0. The second kappa shape index (κ2) is 14.2. The molecule has 0 aliphatic rings. The fourth-order valence-corrected chi connectivity index (χ4v) is 5.93. The zero-order valence-electron chi connectivity index (χ0n) is 23.3. The molecule has 0 bridgehead atoms. The van der Waals surface area contributed by atoms with E-state index in [0.717, 1.165) is 34.5 Å². The van der Waals surface area contributed by atoms with Crippen molar-refractivity contribution in [3.8, 4) is 33.6 Å². The molecule has 0 aliphatic heterocycles. The fraction of sp³-hybridized carbons (Fsp3) is 0.206. The molecule has 0 amide bonds. The third kappa shape index (κ3) is 8.62. The molecule has 0 N–H and O–H groups in total. The molecule has 5 heteroatoms. The molecule has 0 aliphatic carbocycles. The number of aromatic nitrogens is 3. The maximum atomic E-state index is 4.69. The monoisotopic (exact) mass is 706 g/mol. The Morgan fingerprint density at radius 1 is 0.744 bits per heavy atom. The van der Waals surface area contributed by atoms with Crippen LogP contribution in [0, 0.1) is 18.1 Å². The molecule has 5 rings (SSSR count). The Kier molecular flexibility index (Phi) is 11.1. The van der Waals surface area contributed by atoms with Gasteiger partial charge in [0, 0.05) is 32.5 Å². The van der Waals surface area contributed by atoms with E-state index in [1.165, 1.54) is 16.3 Å². The zero-order chi connectivity index (χ0) is 27.0. The van der Waals surface area contributed by atoms with Gasteiger partial charge < -0.3 is 9.97 Å². The van der Waals surface area contributed by atoms with Gasteiger partial charge >= 0.3 is 0 Å². The Bertz CT molecular complexity index is 1380. The molecule has 39 heavy (non-hydrogen) atoms. The first-order valence-electron chi connectivity index (χ1n) is 13.1. The number of pyridine rings is 3. The molecule has 2 aromatic carbocycles. The van der Waals surface area contributed by atoms with Crippen molar-refractivity contribution in [2.45, 2.75) is 39.9 Å². The zero-order valence-corrected chi connectivity index (χ0v) is 26.7. The summed E-state index contributed by atoms with van der Waals surface area (Å²) in [6.07, 6.45) is 8.48. The summed E-state index contributed by atoms with van der Waals surface area (Å²) in [5.41, 5.74) is 7.83. The summed E-state index contributed by atoms with van der Waals surface area (Å²) in [5, 5.41) is 1.49. The second-order valence-corrected chi connectivity index (χ2v) is 15.8. The molecular weight excluding hydrogens is 671 g/mol. The largest absolute Gasteiger partial charge is 0.321 e. The SMILES string of the molecule is CC(C)Cc1cc(-c2[c-]cccc2)ncc1[Si](C)(C)C.[Ir].[c-]1cnccc1-c1cc(-c2ccccc2)ccn1. The summed E-state index contributed by atoms with van der Waals surface area (Å²) in [7, 11) is -1.34. The molecule has 201 valence electrons. The van der Waals surface area contributed by atoms with E-state index in [1.807, 2.05) is 54.7 Å². The van der Waals surface area contributed by atoms with Crippen molar-refractivity contribution in [1.29, 1.82) is 0 Å². The standard InChI is InChI=1S/C18H24NSi.C16H11N2.Ir/c1-14(2)11-16-12-17(15-9-7-6-8-10-15)19-13-18(16)20(3,4)5;1-2-4-13(5-3-1)15-8-11-18-16(12-15)14-6-9-17-10-7-14;/h6-9,12-14H,11H2,1-5H3;1-6,8-12H;/q2*-1;. The summed E-state index contributed by atoms with van der Waals surface area (Å²) in [5.74, 6) is 0.667. The Morgan fingerprint density at radius 2 is 1.46 bits per heavy atom. The average molecular weight is 706 g/mol. The van der Waals surface area contributed by atoms with E-state index in [1.54, 1.807) is 12.4 Å². The Hall–Kier alpha value is -3.24. The second-order valence-electron chi connectivity index (χ2n) is 10.8. The van der Waals surface area contributed by atoms with Crippen molar-refractivity contribution in [2.75, 3.05) is 0 Å². The van der Waals surface area contributed by atoms with E-state index >= 15 is 0 Å². The van der Waals surface area contributed by atoms with Gasteiger partial charge in [-0.1, -0.05) is 81.5 Å². The molecule has 5 aromatic rings. The van der Waals surface area contributed by atoms with Crippen molar-refractivity contribution in [1.82, 2.24) is 15.0 Å². The van der Waals surface area contributed by atoms with Gasteiger partial charge in [-0.25, -0.2) is 0 Å². The van der Waals surface area contributed by atoms with Crippen LogP contribution < -0.4 is 5.19 Å². The number of benzene rings is 2. The minimum absolute atomic E-state index is 0. The van der Waals surface area contributed by atoms with Crippen LogP contribution in [-0.2, 0) is 26.5 Å². The topological polar surface area (TPSA) is 38.7 Å². The van der Waals surface area contributed by atoms with Gasteiger partial charge in [-0.3, -0.25) is 4.98 Å². The molecule has 1 radical (unpaired) electrons. The van der Waals surface area contributed by atoms with Gasteiger partial charge in [0.15, 0.2) is 0 Å². The minimum Gasteiger partial charge on any atom is -0.321 e. The van der Waals surface area contributed by atoms with E-state index in [0.29, 0.717) is 5.92 Å². The minimum atomic E-state index is -1.34. The Balaban J connectivity index is 0.000000211. The molecule has 3 heterocycles.